The molecule has 0 aliphatic carbocycles. The molecule has 1 nitrogen and oxygen atoms in total. The van der Waals surface area contributed by atoms with Crippen LogP contribution in [-0.4, -0.2) is 6.61 Å². The van der Waals surface area contributed by atoms with Gasteiger partial charge in [-0.15, -0.1) is 12.3 Å². The highest BCUT2D eigenvalue weighted by atomic mass is 16.5. The molecule has 0 atom stereocenters. The summed E-state index contributed by atoms with van der Waals surface area (Å²) in [6, 6.07) is 0. The van der Waals surface area contributed by atoms with Crippen LogP contribution in [0.15, 0.2) is 0 Å². The number of hydrogen-bond donors (Lipinski definition) is 0. The van der Waals surface area contributed by atoms with Crippen LogP contribution in [0.3, 0.4) is 0 Å². The number of unbranched alkanes of at least 4 members (excludes halogenated alkanes) is 2. The molecule has 0 saturated heterocycles. The molecule has 0 heterocycles. The van der Waals surface area contributed by atoms with Gasteiger partial charge in [0, 0.05) is 13.0 Å². The van der Waals surface area contributed by atoms with Crippen molar-refractivity contribution in [1.82, 2.24) is 0 Å². The number of ether oxygens (including phenoxy) is 1. The maximum atomic E-state index is 5.04. The van der Waals surface area contributed by atoms with E-state index in [2.05, 4.69) is 5.92 Å². The van der Waals surface area contributed by atoms with Crippen molar-refractivity contribution in [2.75, 3.05) is 6.61 Å². The van der Waals surface area contributed by atoms with E-state index in [1.54, 1.807) is 6.61 Å². The second kappa shape index (κ2) is 7.52. The Kier molecular flexibility index (Phi) is 7.12. The third-order valence-corrected chi connectivity index (χ3v) is 1.000. The summed E-state index contributed by atoms with van der Waals surface area (Å²) in [5, 5.41) is 0. The zero-order valence-electron chi connectivity index (χ0n) is 5.89. The SMILES string of the molecule is C#CCCCCO[CH]C. The summed E-state index contributed by atoms with van der Waals surface area (Å²) in [5.41, 5.74) is 0. The van der Waals surface area contributed by atoms with E-state index in [0.717, 1.165) is 25.9 Å². The first kappa shape index (κ1) is 8.52. The van der Waals surface area contributed by atoms with Crippen LogP contribution in [0.5, 0.6) is 0 Å². The van der Waals surface area contributed by atoms with E-state index in [-0.39, 0.29) is 0 Å². The molecular weight excluding hydrogens is 112 g/mol. The maximum absolute atomic E-state index is 5.04. The Hall–Kier alpha value is -0.480. The molecule has 0 aromatic carbocycles. The lowest BCUT2D eigenvalue weighted by Crippen LogP contribution is -1.88. The number of rotatable bonds is 5. The van der Waals surface area contributed by atoms with E-state index in [1.165, 1.54) is 0 Å². The van der Waals surface area contributed by atoms with Gasteiger partial charge in [0.05, 0.1) is 6.61 Å². The molecule has 0 rings (SSSR count). The summed E-state index contributed by atoms with van der Waals surface area (Å²) in [6.45, 7) is 4.38. The van der Waals surface area contributed by atoms with E-state index in [1.807, 2.05) is 6.92 Å². The van der Waals surface area contributed by atoms with Gasteiger partial charge in [0.15, 0.2) is 0 Å². The van der Waals surface area contributed by atoms with Crippen LogP contribution in [-0.2, 0) is 4.74 Å². The average molecular weight is 125 g/mol. The molecule has 0 aliphatic heterocycles. The summed E-state index contributed by atoms with van der Waals surface area (Å²) in [7, 11) is 0. The molecule has 9 heavy (non-hydrogen) atoms. The lowest BCUT2D eigenvalue weighted by Gasteiger charge is -1.96. The van der Waals surface area contributed by atoms with Crippen LogP contribution < -0.4 is 0 Å². The molecule has 0 fully saturated rings. The van der Waals surface area contributed by atoms with Gasteiger partial charge in [-0.05, 0) is 19.8 Å². The molecule has 0 unspecified atom stereocenters. The molecule has 51 valence electrons. The van der Waals surface area contributed by atoms with Crippen molar-refractivity contribution in [2.45, 2.75) is 26.2 Å². The van der Waals surface area contributed by atoms with E-state index < -0.39 is 0 Å². The molecule has 0 N–H and O–H groups in total. The first-order valence-corrected chi connectivity index (χ1v) is 3.24. The van der Waals surface area contributed by atoms with E-state index >= 15 is 0 Å². The van der Waals surface area contributed by atoms with Gasteiger partial charge in [0.25, 0.3) is 0 Å². The van der Waals surface area contributed by atoms with Crippen LogP contribution in [0.4, 0.5) is 0 Å². The Balaban J connectivity index is 2.69. The summed E-state index contributed by atoms with van der Waals surface area (Å²) < 4.78 is 4.99. The van der Waals surface area contributed by atoms with E-state index in [4.69, 9.17) is 11.2 Å². The molecule has 1 radical (unpaired) electrons. The van der Waals surface area contributed by atoms with E-state index in [0.29, 0.717) is 0 Å². The highest BCUT2D eigenvalue weighted by molar-refractivity contribution is 4.82. The first-order chi connectivity index (χ1) is 4.41. The van der Waals surface area contributed by atoms with Gasteiger partial charge in [0.1, 0.15) is 0 Å². The second-order valence-electron chi connectivity index (χ2n) is 1.77. The molecule has 0 amide bonds. The van der Waals surface area contributed by atoms with Crippen molar-refractivity contribution in [3.05, 3.63) is 6.61 Å². The lowest BCUT2D eigenvalue weighted by atomic mass is 10.2. The zero-order valence-corrected chi connectivity index (χ0v) is 5.89. The highest BCUT2D eigenvalue weighted by Crippen LogP contribution is 1.94. The van der Waals surface area contributed by atoms with Gasteiger partial charge >= 0.3 is 0 Å². The van der Waals surface area contributed by atoms with Crippen molar-refractivity contribution >= 4 is 0 Å². The predicted molar refractivity (Wildman–Crippen MR) is 38.6 cm³/mol. The normalized spacial score (nSPS) is 8.89. The van der Waals surface area contributed by atoms with Gasteiger partial charge < -0.3 is 4.74 Å². The van der Waals surface area contributed by atoms with Crippen LogP contribution in [0.1, 0.15) is 26.2 Å². The van der Waals surface area contributed by atoms with Gasteiger partial charge in [0.2, 0.25) is 0 Å². The molecule has 1 heteroatoms. The molecule has 0 bridgehead atoms. The van der Waals surface area contributed by atoms with Crippen molar-refractivity contribution in [1.29, 1.82) is 0 Å². The topological polar surface area (TPSA) is 9.23 Å². The molecule has 0 aromatic heterocycles. The third-order valence-electron chi connectivity index (χ3n) is 1.000. The molecular formula is C8H13O. The highest BCUT2D eigenvalue weighted by Gasteiger charge is 1.84. The lowest BCUT2D eigenvalue weighted by molar-refractivity contribution is 0.199. The van der Waals surface area contributed by atoms with E-state index in [9.17, 15) is 0 Å². The fourth-order valence-electron chi connectivity index (χ4n) is 0.530. The van der Waals surface area contributed by atoms with Crippen LogP contribution in [0.2, 0.25) is 0 Å². The Morgan fingerprint density at radius 2 is 2.33 bits per heavy atom. The average Bonchev–Trinajstić information content (AvgIpc) is 1.89. The molecule has 0 aromatic rings. The second-order valence-corrected chi connectivity index (χ2v) is 1.77. The standard InChI is InChI=1S/C8H13O/c1-3-5-6-7-8-9-4-2/h1,4H,5-8H2,2H3. The fourth-order valence-corrected chi connectivity index (χ4v) is 0.530. The smallest absolute Gasteiger partial charge is 0.0805 e. The largest absolute Gasteiger partial charge is 0.376 e. The minimum atomic E-state index is 0.804. The maximum Gasteiger partial charge on any atom is 0.0805 e. The van der Waals surface area contributed by atoms with Crippen LogP contribution in [0, 0.1) is 19.0 Å². The zero-order chi connectivity index (χ0) is 6.95. The first-order valence-electron chi connectivity index (χ1n) is 3.24. The Labute approximate surface area is 57.4 Å². The minimum Gasteiger partial charge on any atom is -0.376 e. The summed E-state index contributed by atoms with van der Waals surface area (Å²) in [6.07, 6.45) is 8.05. The summed E-state index contributed by atoms with van der Waals surface area (Å²) in [4.78, 5) is 0. The fraction of sp³-hybridized carbons (Fsp3) is 0.625. The molecule has 0 spiro atoms. The van der Waals surface area contributed by atoms with Gasteiger partial charge in [-0.2, -0.15) is 0 Å². The Morgan fingerprint density at radius 1 is 1.56 bits per heavy atom. The molecule has 0 aliphatic rings. The summed E-state index contributed by atoms with van der Waals surface area (Å²) >= 11 is 0. The van der Waals surface area contributed by atoms with Gasteiger partial charge in [-0.1, -0.05) is 0 Å². The quantitative estimate of drug-likeness (QED) is 0.403. The summed E-state index contributed by atoms with van der Waals surface area (Å²) in [5.74, 6) is 2.58. The number of hydrogen-bond acceptors (Lipinski definition) is 1. The van der Waals surface area contributed by atoms with Gasteiger partial charge in [-0.3, -0.25) is 0 Å². The third kappa shape index (κ3) is 7.52. The number of terminal acetylenes is 1. The van der Waals surface area contributed by atoms with Crippen molar-refractivity contribution in [2.24, 2.45) is 0 Å². The molecule has 0 saturated carbocycles. The van der Waals surface area contributed by atoms with Crippen molar-refractivity contribution in [3.63, 3.8) is 0 Å². The monoisotopic (exact) mass is 125 g/mol. The minimum absolute atomic E-state index is 0.804. The van der Waals surface area contributed by atoms with Crippen LogP contribution in [0.25, 0.3) is 0 Å². The Morgan fingerprint density at radius 3 is 2.89 bits per heavy atom. The van der Waals surface area contributed by atoms with Crippen LogP contribution >= 0.6 is 0 Å². The Bertz CT molecular complexity index is 81.1. The predicted octanol–water partition coefficient (Wildman–Crippen LogP) is 1.99. The van der Waals surface area contributed by atoms with Crippen molar-refractivity contribution in [3.8, 4) is 12.3 Å². The van der Waals surface area contributed by atoms with Crippen molar-refractivity contribution < 1.29 is 4.74 Å². The van der Waals surface area contributed by atoms with Gasteiger partial charge in [-0.25, -0.2) is 0 Å².